The van der Waals surface area contributed by atoms with Gasteiger partial charge in [-0.15, -0.1) is 0 Å². The van der Waals surface area contributed by atoms with E-state index in [1.165, 1.54) is 29.3 Å². The van der Waals surface area contributed by atoms with Gasteiger partial charge in [-0.2, -0.15) is 13.2 Å². The van der Waals surface area contributed by atoms with Gasteiger partial charge in [0.2, 0.25) is 0 Å². The molecule has 0 saturated heterocycles. The number of benzene rings is 2. The second kappa shape index (κ2) is 10.8. The van der Waals surface area contributed by atoms with Crippen molar-refractivity contribution in [1.29, 1.82) is 0 Å². The molecule has 35 heavy (non-hydrogen) atoms. The van der Waals surface area contributed by atoms with Crippen LogP contribution in [0.1, 0.15) is 75.6 Å². The zero-order valence-corrected chi connectivity index (χ0v) is 20.0. The molecule has 1 N–H and O–H groups in total. The van der Waals surface area contributed by atoms with E-state index in [2.05, 4.69) is 23.2 Å². The lowest BCUT2D eigenvalue weighted by Gasteiger charge is -2.36. The molecule has 2 aromatic rings. The van der Waals surface area contributed by atoms with Gasteiger partial charge in [-0.05, 0) is 86.5 Å². The van der Waals surface area contributed by atoms with Crippen molar-refractivity contribution in [1.82, 2.24) is 10.2 Å². The monoisotopic (exact) mass is 484 g/mol. The molecule has 0 unspecified atom stereocenters. The zero-order valence-electron chi connectivity index (χ0n) is 20.0. The van der Waals surface area contributed by atoms with Crippen LogP contribution in [0.25, 0.3) is 6.08 Å². The first kappa shape index (κ1) is 25.2. The summed E-state index contributed by atoms with van der Waals surface area (Å²) in [7, 11) is 0. The van der Waals surface area contributed by atoms with Gasteiger partial charge in [0.25, 0.3) is 5.91 Å². The third kappa shape index (κ3) is 5.67. The first-order valence-electron chi connectivity index (χ1n) is 12.3. The minimum absolute atomic E-state index is 0.112. The molecule has 4 nitrogen and oxygen atoms in total. The number of nitrogens with zero attached hydrogens (tertiary/aromatic N) is 1. The van der Waals surface area contributed by atoms with Gasteiger partial charge in [-0.1, -0.05) is 37.3 Å². The largest absolute Gasteiger partial charge is 0.417 e. The second-order valence-corrected chi connectivity index (χ2v) is 9.30. The fraction of sp³-hybridized carbons (Fsp3) is 0.429. The highest BCUT2D eigenvalue weighted by Gasteiger charge is 2.34. The summed E-state index contributed by atoms with van der Waals surface area (Å²) in [5.41, 5.74) is 3.12. The van der Waals surface area contributed by atoms with Gasteiger partial charge in [-0.3, -0.25) is 9.59 Å². The Balaban J connectivity index is 1.29. The average Bonchev–Trinajstić information content (AvgIpc) is 3.23. The topological polar surface area (TPSA) is 49.4 Å². The molecule has 0 bridgehead atoms. The van der Waals surface area contributed by atoms with Gasteiger partial charge < -0.3 is 10.2 Å². The van der Waals surface area contributed by atoms with Gasteiger partial charge in [0.15, 0.2) is 5.78 Å². The summed E-state index contributed by atoms with van der Waals surface area (Å²) >= 11 is 0. The molecule has 0 aliphatic heterocycles. The van der Waals surface area contributed by atoms with Crippen molar-refractivity contribution >= 4 is 17.8 Å². The van der Waals surface area contributed by atoms with E-state index in [-0.39, 0.29) is 11.3 Å². The summed E-state index contributed by atoms with van der Waals surface area (Å²) in [6, 6.07) is 9.47. The van der Waals surface area contributed by atoms with Gasteiger partial charge in [0.1, 0.15) is 0 Å². The Kier molecular flexibility index (Phi) is 7.75. The van der Waals surface area contributed by atoms with Gasteiger partial charge >= 0.3 is 6.18 Å². The molecule has 2 aliphatic carbocycles. The summed E-state index contributed by atoms with van der Waals surface area (Å²) in [5.74, 6) is -0.579. The molecular formula is C28H31F3N2O2. The standard InChI is InChI=1S/C28H31F3N2O2/c1-2-16-33(21-12-13-22-20(18-21)10-9-19-11-14-25(34)26(19)22)17-6-5-15-32-27(35)23-7-3-4-8-24(23)28(29,30)31/h3-4,7-11,14,21H,2,5-6,12-13,15-18H2,1H3,(H,32,35)/t21-/m1/s1. The molecule has 0 fully saturated rings. The Morgan fingerprint density at radius 2 is 1.89 bits per heavy atom. The third-order valence-electron chi connectivity index (χ3n) is 6.95. The Morgan fingerprint density at radius 3 is 2.66 bits per heavy atom. The summed E-state index contributed by atoms with van der Waals surface area (Å²) in [6.45, 7) is 4.32. The molecule has 1 atom stereocenters. The fourth-order valence-electron chi connectivity index (χ4n) is 5.27. The van der Waals surface area contributed by atoms with Crippen molar-refractivity contribution in [2.24, 2.45) is 0 Å². The number of fused-ring (bicyclic) bond motifs is 3. The highest BCUT2D eigenvalue weighted by atomic mass is 19.4. The van der Waals surface area contributed by atoms with Crippen LogP contribution >= 0.6 is 0 Å². The maximum absolute atomic E-state index is 13.2. The number of allylic oxidation sites excluding steroid dienone is 1. The van der Waals surface area contributed by atoms with Crippen LogP contribution in [0.15, 0.2) is 42.5 Å². The molecule has 2 aliphatic rings. The summed E-state index contributed by atoms with van der Waals surface area (Å²) in [4.78, 5) is 27.1. The van der Waals surface area contributed by atoms with Crippen molar-refractivity contribution < 1.29 is 22.8 Å². The van der Waals surface area contributed by atoms with Gasteiger partial charge in [0.05, 0.1) is 11.1 Å². The molecule has 7 heteroatoms. The molecule has 186 valence electrons. The predicted molar refractivity (Wildman–Crippen MR) is 130 cm³/mol. The van der Waals surface area contributed by atoms with Crippen LogP contribution in [-0.4, -0.2) is 42.3 Å². The summed E-state index contributed by atoms with van der Waals surface area (Å²) in [6.07, 6.45) is 4.37. The Bertz CT molecular complexity index is 1120. The third-order valence-corrected chi connectivity index (χ3v) is 6.95. The quantitative estimate of drug-likeness (QED) is 0.465. The minimum Gasteiger partial charge on any atom is -0.352 e. The van der Waals surface area contributed by atoms with Crippen LogP contribution in [0.2, 0.25) is 0 Å². The normalized spacial score (nSPS) is 16.9. The first-order chi connectivity index (χ1) is 16.8. The Labute approximate surface area is 204 Å². The number of rotatable bonds is 9. The number of carbonyl (C=O) groups is 2. The second-order valence-electron chi connectivity index (χ2n) is 9.30. The van der Waals surface area contributed by atoms with Crippen molar-refractivity contribution in [2.75, 3.05) is 19.6 Å². The molecule has 4 rings (SSSR count). The number of amides is 1. The number of hydrogen-bond donors (Lipinski definition) is 1. The van der Waals surface area contributed by atoms with Crippen molar-refractivity contribution in [3.8, 4) is 0 Å². The van der Waals surface area contributed by atoms with E-state index >= 15 is 0 Å². The van der Waals surface area contributed by atoms with Crippen molar-refractivity contribution in [3.05, 3.63) is 75.9 Å². The first-order valence-corrected chi connectivity index (χ1v) is 12.3. The van der Waals surface area contributed by atoms with Crippen LogP contribution < -0.4 is 5.32 Å². The van der Waals surface area contributed by atoms with Crippen LogP contribution in [0.3, 0.4) is 0 Å². The van der Waals surface area contributed by atoms with E-state index in [1.807, 2.05) is 12.1 Å². The lowest BCUT2D eigenvalue weighted by Crippen LogP contribution is -2.41. The number of unbranched alkanes of at least 4 members (excludes halogenated alkanes) is 1. The highest BCUT2D eigenvalue weighted by Crippen LogP contribution is 2.33. The van der Waals surface area contributed by atoms with Crippen molar-refractivity contribution in [2.45, 2.75) is 57.7 Å². The summed E-state index contributed by atoms with van der Waals surface area (Å²) < 4.78 is 39.5. The highest BCUT2D eigenvalue weighted by molar-refractivity contribution is 6.14. The molecule has 0 aromatic heterocycles. The van der Waals surface area contributed by atoms with Crippen LogP contribution in [0.4, 0.5) is 13.2 Å². The smallest absolute Gasteiger partial charge is 0.352 e. The van der Waals surface area contributed by atoms with E-state index in [1.54, 1.807) is 6.08 Å². The molecule has 0 heterocycles. The lowest BCUT2D eigenvalue weighted by atomic mass is 9.83. The lowest BCUT2D eigenvalue weighted by molar-refractivity contribution is -0.137. The molecule has 0 radical (unpaired) electrons. The van der Waals surface area contributed by atoms with E-state index in [0.29, 0.717) is 19.0 Å². The molecule has 0 saturated carbocycles. The SMILES string of the molecule is CCCN(CCCCNC(=O)c1ccccc1C(F)(F)F)[C@@H]1CCc2c(ccc3c2C(=O)C=C3)C1. The minimum atomic E-state index is -4.56. The Hall–Kier alpha value is -2.93. The molecule has 0 spiro atoms. The van der Waals surface area contributed by atoms with Crippen molar-refractivity contribution in [3.63, 3.8) is 0 Å². The average molecular weight is 485 g/mol. The molecular weight excluding hydrogens is 453 g/mol. The van der Waals surface area contributed by atoms with Gasteiger partial charge in [0, 0.05) is 18.2 Å². The maximum atomic E-state index is 13.2. The van der Waals surface area contributed by atoms with E-state index in [0.717, 1.165) is 62.4 Å². The van der Waals surface area contributed by atoms with E-state index in [9.17, 15) is 22.8 Å². The number of ketones is 1. The number of nitrogens with one attached hydrogen (secondary N) is 1. The van der Waals surface area contributed by atoms with Gasteiger partial charge in [-0.25, -0.2) is 0 Å². The zero-order chi connectivity index (χ0) is 25.0. The van der Waals surface area contributed by atoms with E-state index in [4.69, 9.17) is 0 Å². The molecule has 1 amide bonds. The summed E-state index contributed by atoms with van der Waals surface area (Å²) in [5, 5.41) is 2.64. The number of hydrogen-bond acceptors (Lipinski definition) is 3. The van der Waals surface area contributed by atoms with Crippen LogP contribution in [0, 0.1) is 0 Å². The van der Waals surface area contributed by atoms with Crippen LogP contribution in [-0.2, 0) is 19.0 Å². The van der Waals surface area contributed by atoms with Crippen LogP contribution in [0.5, 0.6) is 0 Å². The predicted octanol–water partition coefficient (Wildman–Crippen LogP) is 5.69. The number of alkyl halides is 3. The fourth-order valence-corrected chi connectivity index (χ4v) is 5.27. The number of carbonyl (C=O) groups excluding carboxylic acids is 2. The Morgan fingerprint density at radius 1 is 1.09 bits per heavy atom. The number of halogens is 3. The van der Waals surface area contributed by atoms with E-state index < -0.39 is 17.6 Å². The molecule has 2 aromatic carbocycles. The maximum Gasteiger partial charge on any atom is 0.417 e.